The van der Waals surface area contributed by atoms with E-state index in [4.69, 9.17) is 0 Å². The van der Waals surface area contributed by atoms with Crippen molar-refractivity contribution in [3.63, 3.8) is 0 Å². The summed E-state index contributed by atoms with van der Waals surface area (Å²) in [6.07, 6.45) is 2.56. The Bertz CT molecular complexity index is 1190. The molecule has 1 aromatic carbocycles. The fourth-order valence-electron chi connectivity index (χ4n) is 2.65. The lowest BCUT2D eigenvalue weighted by molar-refractivity contribution is 0.603. The van der Waals surface area contributed by atoms with Gasteiger partial charge in [0.2, 0.25) is 0 Å². The smallest absolute Gasteiger partial charge is 0.271 e. The van der Waals surface area contributed by atoms with Crippen LogP contribution in [0.15, 0.2) is 52.9 Å². The molecule has 0 radical (unpaired) electrons. The van der Waals surface area contributed by atoms with E-state index in [0.717, 1.165) is 37.8 Å². The van der Waals surface area contributed by atoms with Crippen LogP contribution in [0.2, 0.25) is 0 Å². The maximum Gasteiger partial charge on any atom is 0.271 e. The summed E-state index contributed by atoms with van der Waals surface area (Å²) in [7, 11) is -3.61. The molecule has 0 saturated carbocycles. The van der Waals surface area contributed by atoms with Gasteiger partial charge in [-0.1, -0.05) is 30.4 Å². The first-order chi connectivity index (χ1) is 13.0. The number of anilines is 1. The van der Waals surface area contributed by atoms with Crippen molar-refractivity contribution < 1.29 is 8.42 Å². The molecule has 0 aliphatic heterocycles. The normalized spacial score (nSPS) is 11.8. The van der Waals surface area contributed by atoms with Crippen molar-refractivity contribution >= 4 is 48.7 Å². The average molecular weight is 416 g/mol. The predicted molar refractivity (Wildman–Crippen MR) is 112 cm³/mol. The number of rotatable bonds is 5. The van der Waals surface area contributed by atoms with Crippen LogP contribution in [0, 0.1) is 6.92 Å². The van der Waals surface area contributed by atoms with Gasteiger partial charge in [-0.25, -0.2) is 18.4 Å². The van der Waals surface area contributed by atoms with E-state index in [1.807, 2.05) is 50.2 Å². The zero-order valence-electron chi connectivity index (χ0n) is 14.8. The molecule has 1 N–H and O–H groups in total. The number of sulfonamides is 1. The molecule has 0 saturated heterocycles. The van der Waals surface area contributed by atoms with Crippen LogP contribution in [0.25, 0.3) is 20.9 Å². The van der Waals surface area contributed by atoms with Crippen LogP contribution in [0.4, 0.5) is 5.69 Å². The topological polar surface area (TPSA) is 72.0 Å². The highest BCUT2D eigenvalue weighted by Crippen LogP contribution is 2.32. The van der Waals surface area contributed by atoms with E-state index in [9.17, 15) is 8.42 Å². The van der Waals surface area contributed by atoms with Gasteiger partial charge in [0.25, 0.3) is 10.0 Å². The van der Waals surface area contributed by atoms with Gasteiger partial charge in [0.05, 0.1) is 5.69 Å². The van der Waals surface area contributed by atoms with Crippen LogP contribution in [0.3, 0.4) is 0 Å². The average Bonchev–Trinajstić information content (AvgIpc) is 3.30. The molecule has 0 aliphatic rings. The number of pyridine rings is 1. The number of aromatic nitrogens is 2. The Morgan fingerprint density at radius 1 is 1.11 bits per heavy atom. The van der Waals surface area contributed by atoms with E-state index in [1.165, 1.54) is 22.7 Å². The summed E-state index contributed by atoms with van der Waals surface area (Å²) in [4.78, 5) is 10.8. The number of hydrogen-bond acceptors (Lipinski definition) is 6. The van der Waals surface area contributed by atoms with E-state index in [2.05, 4.69) is 14.7 Å². The number of thiophene rings is 1. The highest BCUT2D eigenvalue weighted by Gasteiger charge is 2.18. The first-order valence-electron chi connectivity index (χ1n) is 8.40. The third kappa shape index (κ3) is 3.60. The van der Waals surface area contributed by atoms with Crippen molar-refractivity contribution in [3.05, 3.63) is 59.1 Å². The summed E-state index contributed by atoms with van der Waals surface area (Å²) in [5.41, 5.74) is 3.12. The summed E-state index contributed by atoms with van der Waals surface area (Å²) in [5.74, 6) is 0. The van der Waals surface area contributed by atoms with Crippen molar-refractivity contribution in [1.29, 1.82) is 0 Å². The van der Waals surface area contributed by atoms with E-state index in [0.29, 0.717) is 9.90 Å². The van der Waals surface area contributed by atoms with Gasteiger partial charge in [0.1, 0.15) is 19.6 Å². The number of nitrogens with zero attached hydrogens (tertiary/aromatic N) is 2. The monoisotopic (exact) mass is 415 g/mol. The maximum atomic E-state index is 12.7. The largest absolute Gasteiger partial charge is 0.279 e. The Balaban J connectivity index is 1.70. The number of thiazole rings is 1. The number of fused-ring (bicyclic) bond motifs is 1. The summed E-state index contributed by atoms with van der Waals surface area (Å²) in [6.45, 7) is 3.89. The molecule has 27 heavy (non-hydrogen) atoms. The molecule has 0 atom stereocenters. The summed E-state index contributed by atoms with van der Waals surface area (Å²) < 4.78 is 28.6. The van der Waals surface area contributed by atoms with Gasteiger partial charge in [-0.3, -0.25) is 4.72 Å². The summed E-state index contributed by atoms with van der Waals surface area (Å²) in [5, 5.41) is 0.813. The van der Waals surface area contributed by atoms with Gasteiger partial charge in [-0.15, -0.1) is 11.3 Å². The van der Waals surface area contributed by atoms with Crippen molar-refractivity contribution in [2.75, 3.05) is 4.72 Å². The van der Waals surface area contributed by atoms with Crippen molar-refractivity contribution in [2.24, 2.45) is 0 Å². The molecule has 0 spiro atoms. The highest BCUT2D eigenvalue weighted by molar-refractivity contribution is 7.94. The fraction of sp³-hybridized carbons (Fsp3) is 0.158. The fourth-order valence-corrected chi connectivity index (χ4v) is 5.97. The SMILES string of the molecule is CCc1ccc(S(=O)(=O)Nc2cc(-c3nc4cccnc4s3)ccc2C)s1. The first kappa shape index (κ1) is 18.1. The van der Waals surface area contributed by atoms with Crippen LogP contribution < -0.4 is 4.72 Å². The number of nitrogens with one attached hydrogen (secondary N) is 1. The van der Waals surface area contributed by atoms with Gasteiger partial charge < -0.3 is 0 Å². The molecule has 0 aliphatic carbocycles. The van der Waals surface area contributed by atoms with Crippen molar-refractivity contribution in [2.45, 2.75) is 24.5 Å². The van der Waals surface area contributed by atoms with Gasteiger partial charge in [0, 0.05) is 16.6 Å². The van der Waals surface area contributed by atoms with Gasteiger partial charge >= 0.3 is 0 Å². The van der Waals surface area contributed by atoms with Gasteiger partial charge in [-0.05, 0) is 49.2 Å². The molecule has 5 nitrogen and oxygen atoms in total. The lowest BCUT2D eigenvalue weighted by atomic mass is 10.1. The number of aryl methyl sites for hydroxylation is 2. The van der Waals surface area contributed by atoms with Crippen LogP contribution in [-0.4, -0.2) is 18.4 Å². The van der Waals surface area contributed by atoms with Gasteiger partial charge in [-0.2, -0.15) is 0 Å². The quantitative estimate of drug-likeness (QED) is 0.493. The lowest BCUT2D eigenvalue weighted by Crippen LogP contribution is -2.12. The molecule has 0 amide bonds. The van der Waals surface area contributed by atoms with E-state index in [-0.39, 0.29) is 0 Å². The zero-order valence-corrected chi connectivity index (χ0v) is 17.2. The highest BCUT2D eigenvalue weighted by atomic mass is 32.2. The Hall–Kier alpha value is -2.29. The molecule has 3 aromatic heterocycles. The van der Waals surface area contributed by atoms with E-state index in [1.54, 1.807) is 12.3 Å². The third-order valence-electron chi connectivity index (χ3n) is 4.15. The van der Waals surface area contributed by atoms with Crippen LogP contribution >= 0.6 is 22.7 Å². The van der Waals surface area contributed by atoms with Crippen LogP contribution in [-0.2, 0) is 16.4 Å². The van der Waals surface area contributed by atoms with E-state index < -0.39 is 10.0 Å². The van der Waals surface area contributed by atoms with Crippen molar-refractivity contribution in [3.8, 4) is 10.6 Å². The molecule has 0 unspecified atom stereocenters. The Morgan fingerprint density at radius 3 is 2.70 bits per heavy atom. The molecular formula is C19H17N3O2S3. The molecule has 4 rings (SSSR count). The second-order valence-electron chi connectivity index (χ2n) is 6.06. The minimum Gasteiger partial charge on any atom is -0.279 e. The second-order valence-corrected chi connectivity index (χ2v) is 10.1. The van der Waals surface area contributed by atoms with Crippen molar-refractivity contribution in [1.82, 2.24) is 9.97 Å². The second kappa shape index (κ2) is 7.03. The lowest BCUT2D eigenvalue weighted by Gasteiger charge is -2.10. The Kier molecular flexibility index (Phi) is 4.71. The zero-order chi connectivity index (χ0) is 19.0. The maximum absolute atomic E-state index is 12.7. The molecular weight excluding hydrogens is 398 g/mol. The van der Waals surface area contributed by atoms with E-state index >= 15 is 0 Å². The molecule has 4 aromatic rings. The summed E-state index contributed by atoms with van der Waals surface area (Å²) >= 11 is 2.79. The minimum atomic E-state index is -3.61. The third-order valence-corrected chi connectivity index (χ3v) is 8.26. The first-order valence-corrected chi connectivity index (χ1v) is 11.5. The van der Waals surface area contributed by atoms with Crippen LogP contribution in [0.1, 0.15) is 17.4 Å². The van der Waals surface area contributed by atoms with Gasteiger partial charge in [0.15, 0.2) is 0 Å². The molecule has 0 fully saturated rings. The molecule has 0 bridgehead atoms. The Morgan fingerprint density at radius 2 is 1.96 bits per heavy atom. The Labute approximate surface area is 165 Å². The molecule has 8 heteroatoms. The van der Waals surface area contributed by atoms with Crippen LogP contribution in [0.5, 0.6) is 0 Å². The molecule has 3 heterocycles. The standard InChI is InChI=1S/C19H17N3O2S3/c1-3-14-8-9-17(25-14)27(23,24)22-16-11-13(7-6-12(16)2)18-21-15-5-4-10-20-19(15)26-18/h4-11,22H,3H2,1-2H3. The summed E-state index contributed by atoms with van der Waals surface area (Å²) in [6, 6.07) is 13.0. The number of benzene rings is 1. The number of hydrogen-bond donors (Lipinski definition) is 1. The predicted octanol–water partition coefficient (Wildman–Crippen LogP) is 5.09. The minimum absolute atomic E-state index is 0.327. The molecule has 138 valence electrons.